The van der Waals surface area contributed by atoms with Gasteiger partial charge in [0.1, 0.15) is 6.04 Å². The van der Waals surface area contributed by atoms with Crippen LogP contribution in [0, 0.1) is 0 Å². The van der Waals surface area contributed by atoms with Crippen LogP contribution in [0.4, 0.5) is 10.5 Å². The van der Waals surface area contributed by atoms with Crippen LogP contribution in [0.1, 0.15) is 12.8 Å². The maximum Gasteiger partial charge on any atom is 0.418 e. The summed E-state index contributed by atoms with van der Waals surface area (Å²) < 4.78 is 34.9. The first-order chi connectivity index (χ1) is 11.8. The number of amides is 3. The number of hydroxylamine groups is 2. The van der Waals surface area contributed by atoms with E-state index >= 15 is 0 Å². The number of piperidine rings is 1. The molecule has 10 nitrogen and oxygen atoms in total. The average molecular weight is 370 g/mol. The highest BCUT2D eigenvalue weighted by Gasteiger charge is 2.49. The first-order valence-electron chi connectivity index (χ1n) is 7.62. The molecule has 1 aromatic rings. The topological polar surface area (TPSA) is 119 Å². The molecule has 2 aliphatic heterocycles. The number of anilines is 1. The third-order valence-electron chi connectivity index (χ3n) is 4.22. The normalized spacial score (nSPS) is 22.9. The number of hydrogen-bond donors (Lipinski definition) is 2. The van der Waals surface area contributed by atoms with E-state index in [1.54, 1.807) is 12.1 Å². The number of hydrogen-bond acceptors (Lipinski definition) is 6. The minimum absolute atomic E-state index is 0.154. The van der Waals surface area contributed by atoms with E-state index in [4.69, 9.17) is 4.55 Å². The summed E-state index contributed by atoms with van der Waals surface area (Å²) in [6.07, 6.45) is 0.737. The molecule has 1 aromatic carbocycles. The molecule has 2 bridgehead atoms. The number of carbonyl (C=O) groups is 2. The van der Waals surface area contributed by atoms with Crippen LogP contribution >= 0.6 is 0 Å². The first kappa shape index (κ1) is 17.5. The number of hydrazine groups is 1. The third kappa shape index (κ3) is 3.67. The first-order valence-corrected chi connectivity index (χ1v) is 8.99. The van der Waals surface area contributed by atoms with Crippen molar-refractivity contribution in [2.45, 2.75) is 24.9 Å². The fraction of sp³-hybridized carbons (Fsp3) is 0.429. The van der Waals surface area contributed by atoms with Crippen molar-refractivity contribution >= 4 is 28.0 Å². The summed E-state index contributed by atoms with van der Waals surface area (Å²) in [7, 11) is -3.12. The van der Waals surface area contributed by atoms with Crippen molar-refractivity contribution in [3.05, 3.63) is 30.3 Å². The lowest BCUT2D eigenvalue weighted by Crippen LogP contribution is -2.53. The molecular formula is C14H18N4O6S. The summed E-state index contributed by atoms with van der Waals surface area (Å²) >= 11 is 0. The Morgan fingerprint density at radius 1 is 1.32 bits per heavy atom. The van der Waals surface area contributed by atoms with Gasteiger partial charge in [-0.1, -0.05) is 18.2 Å². The quantitative estimate of drug-likeness (QED) is 0.559. The van der Waals surface area contributed by atoms with Gasteiger partial charge in [-0.3, -0.25) is 19.8 Å². The molecule has 2 heterocycles. The van der Waals surface area contributed by atoms with Crippen molar-refractivity contribution in [3.8, 4) is 0 Å². The molecule has 11 heteroatoms. The van der Waals surface area contributed by atoms with Crippen molar-refractivity contribution in [1.82, 2.24) is 15.4 Å². The van der Waals surface area contributed by atoms with E-state index in [2.05, 4.69) is 9.71 Å². The summed E-state index contributed by atoms with van der Waals surface area (Å²) in [5.41, 5.74) is 3.48. The molecule has 3 amide bonds. The van der Waals surface area contributed by atoms with Gasteiger partial charge in [0, 0.05) is 13.6 Å². The Labute approximate surface area is 144 Å². The zero-order valence-corrected chi connectivity index (χ0v) is 14.2. The molecular weight excluding hydrogens is 352 g/mol. The Bertz CT molecular complexity index is 771. The summed E-state index contributed by atoms with van der Waals surface area (Å²) in [6.45, 7) is 0.154. The number of nitrogens with one attached hydrogen (secondary N) is 1. The van der Waals surface area contributed by atoms with Gasteiger partial charge >= 0.3 is 16.4 Å². The van der Waals surface area contributed by atoms with Gasteiger partial charge in [0.05, 0.1) is 11.7 Å². The van der Waals surface area contributed by atoms with Crippen LogP contribution < -0.4 is 10.4 Å². The molecule has 25 heavy (non-hydrogen) atoms. The predicted octanol–water partition coefficient (Wildman–Crippen LogP) is 0.157. The van der Waals surface area contributed by atoms with Gasteiger partial charge < -0.3 is 4.90 Å². The van der Waals surface area contributed by atoms with E-state index in [1.165, 1.54) is 4.90 Å². The molecule has 0 aliphatic carbocycles. The number of para-hydroxylation sites is 1. The van der Waals surface area contributed by atoms with Crippen LogP contribution in [-0.4, -0.2) is 60.5 Å². The standard InChI is InChI=1S/C14H18N4O6S/c1-16(10-5-3-2-4-6-10)15-13(19)12-8-7-11-9-17(12)14(20)18(11)24-25(21,22)23/h2-6,11-12H,7-9H2,1H3,(H,15,19)(H,21,22,23)/t11?,12-/m0/s1. The van der Waals surface area contributed by atoms with Gasteiger partial charge in [-0.25, -0.2) is 4.79 Å². The maximum absolute atomic E-state index is 12.5. The molecule has 2 saturated heterocycles. The summed E-state index contributed by atoms with van der Waals surface area (Å²) in [6, 6.07) is 7.13. The lowest BCUT2D eigenvalue weighted by molar-refractivity contribution is -0.126. The van der Waals surface area contributed by atoms with Crippen molar-refractivity contribution in [3.63, 3.8) is 0 Å². The number of fused-ring (bicyclic) bond motifs is 2. The molecule has 2 fully saturated rings. The third-order valence-corrected chi connectivity index (χ3v) is 4.57. The van der Waals surface area contributed by atoms with Crippen LogP contribution in [-0.2, 0) is 19.5 Å². The minimum Gasteiger partial charge on any atom is -0.309 e. The Morgan fingerprint density at radius 3 is 2.64 bits per heavy atom. The molecule has 0 radical (unpaired) electrons. The zero-order chi connectivity index (χ0) is 18.2. The van der Waals surface area contributed by atoms with Gasteiger partial charge in [-0.2, -0.15) is 13.5 Å². The lowest BCUT2D eigenvalue weighted by Gasteiger charge is -2.31. The molecule has 2 N–H and O–H groups in total. The van der Waals surface area contributed by atoms with Crippen molar-refractivity contribution in [2.24, 2.45) is 0 Å². The number of rotatable bonds is 5. The van der Waals surface area contributed by atoms with Gasteiger partial charge in [0.15, 0.2) is 0 Å². The molecule has 1 unspecified atom stereocenters. The molecule has 2 aliphatic rings. The zero-order valence-electron chi connectivity index (χ0n) is 13.4. The second kappa shape index (κ2) is 6.50. The van der Waals surface area contributed by atoms with Gasteiger partial charge in [0.25, 0.3) is 5.91 Å². The Hall–Kier alpha value is -2.37. The number of urea groups is 1. The van der Waals surface area contributed by atoms with Crippen molar-refractivity contribution in [1.29, 1.82) is 0 Å². The molecule has 0 aromatic heterocycles. The number of carbonyl (C=O) groups excluding carboxylic acids is 2. The maximum atomic E-state index is 12.5. The van der Waals surface area contributed by atoms with E-state index in [0.717, 1.165) is 5.69 Å². The highest BCUT2D eigenvalue weighted by molar-refractivity contribution is 7.80. The highest BCUT2D eigenvalue weighted by Crippen LogP contribution is 2.30. The number of benzene rings is 1. The smallest absolute Gasteiger partial charge is 0.309 e. The SMILES string of the molecule is CN(NC(=O)[C@@H]1CCC2CN1C(=O)N2OS(=O)(=O)O)c1ccccc1. The monoisotopic (exact) mass is 370 g/mol. The summed E-state index contributed by atoms with van der Waals surface area (Å²) in [5.74, 6) is -0.383. The number of nitrogens with zero attached hydrogens (tertiary/aromatic N) is 3. The summed E-state index contributed by atoms with van der Waals surface area (Å²) in [5, 5.41) is 2.16. The van der Waals surface area contributed by atoms with E-state index in [-0.39, 0.29) is 12.5 Å². The predicted molar refractivity (Wildman–Crippen MR) is 86.4 cm³/mol. The Balaban J connectivity index is 1.68. The van der Waals surface area contributed by atoms with Gasteiger partial charge in [-0.15, -0.1) is 4.28 Å². The second-order valence-electron chi connectivity index (χ2n) is 5.88. The van der Waals surface area contributed by atoms with Gasteiger partial charge in [-0.05, 0) is 25.0 Å². The summed E-state index contributed by atoms with van der Waals surface area (Å²) in [4.78, 5) is 26.1. The molecule has 3 rings (SSSR count). The van der Waals surface area contributed by atoms with Crippen molar-refractivity contribution < 1.29 is 26.8 Å². The fourth-order valence-corrected chi connectivity index (χ4v) is 3.45. The average Bonchev–Trinajstić information content (AvgIpc) is 2.79. The Kier molecular flexibility index (Phi) is 4.54. The highest BCUT2D eigenvalue weighted by atomic mass is 32.3. The van der Waals surface area contributed by atoms with Crippen LogP contribution in [0.25, 0.3) is 0 Å². The Morgan fingerprint density at radius 2 is 2.00 bits per heavy atom. The van der Waals surface area contributed by atoms with Gasteiger partial charge in [0.2, 0.25) is 0 Å². The van der Waals surface area contributed by atoms with E-state index in [0.29, 0.717) is 17.9 Å². The molecule has 136 valence electrons. The molecule has 0 spiro atoms. The van der Waals surface area contributed by atoms with E-state index in [9.17, 15) is 18.0 Å². The second-order valence-corrected chi connectivity index (χ2v) is 6.89. The van der Waals surface area contributed by atoms with E-state index < -0.39 is 28.5 Å². The fourth-order valence-electron chi connectivity index (χ4n) is 3.06. The van der Waals surface area contributed by atoms with Crippen LogP contribution in [0.15, 0.2) is 30.3 Å². The largest absolute Gasteiger partial charge is 0.418 e. The molecule has 2 atom stereocenters. The van der Waals surface area contributed by atoms with Crippen LogP contribution in [0.2, 0.25) is 0 Å². The minimum atomic E-state index is -4.80. The van der Waals surface area contributed by atoms with Crippen LogP contribution in [0.5, 0.6) is 0 Å². The lowest BCUT2D eigenvalue weighted by atomic mass is 10.0. The van der Waals surface area contributed by atoms with Crippen LogP contribution in [0.3, 0.4) is 0 Å². The van der Waals surface area contributed by atoms with Crippen molar-refractivity contribution in [2.75, 3.05) is 18.6 Å². The van der Waals surface area contributed by atoms with E-state index in [1.807, 2.05) is 30.3 Å². The molecule has 0 saturated carbocycles.